The third-order valence-electron chi connectivity index (χ3n) is 6.92. The number of aromatic nitrogens is 2. The molecule has 1 saturated heterocycles. The molecule has 10 heteroatoms. The van der Waals surface area contributed by atoms with Gasteiger partial charge in [0.25, 0.3) is 12.3 Å². The van der Waals surface area contributed by atoms with Gasteiger partial charge in [0, 0.05) is 37.5 Å². The molecular weight excluding hydrogens is 509 g/mol. The molecule has 2 aromatic carbocycles. The van der Waals surface area contributed by atoms with Gasteiger partial charge in [0.1, 0.15) is 11.4 Å². The summed E-state index contributed by atoms with van der Waals surface area (Å²) in [5.41, 5.74) is 2.22. The zero-order chi connectivity index (χ0) is 28.6. The Morgan fingerprint density at radius 2 is 1.87 bits per heavy atom. The minimum absolute atomic E-state index is 0.00108. The first-order chi connectivity index (χ1) is 18.2. The minimum Gasteiger partial charge on any atom is -0.444 e. The van der Waals surface area contributed by atoms with Gasteiger partial charge < -0.3 is 14.5 Å². The lowest BCUT2D eigenvalue weighted by atomic mass is 9.90. The molecule has 2 heterocycles. The molecule has 4 rings (SSSR count). The average Bonchev–Trinajstić information content (AvgIpc) is 3.48. The van der Waals surface area contributed by atoms with Crippen LogP contribution >= 0.6 is 0 Å². The number of fused-ring (bicyclic) bond motifs is 1. The van der Waals surface area contributed by atoms with Crippen LogP contribution in [0.15, 0.2) is 36.5 Å². The maximum atomic E-state index is 14.4. The number of rotatable bonds is 6. The lowest BCUT2D eigenvalue weighted by Gasteiger charge is -2.27. The molecule has 7 nitrogen and oxygen atoms in total. The summed E-state index contributed by atoms with van der Waals surface area (Å²) < 4.78 is 48.3. The van der Waals surface area contributed by atoms with Crippen LogP contribution in [0.3, 0.4) is 0 Å². The molecule has 2 amide bonds. The molecule has 3 aromatic rings. The van der Waals surface area contributed by atoms with Gasteiger partial charge in [0.05, 0.1) is 23.8 Å². The largest absolute Gasteiger partial charge is 0.444 e. The van der Waals surface area contributed by atoms with E-state index in [4.69, 9.17) is 4.74 Å². The molecule has 1 atom stereocenters. The third-order valence-corrected chi connectivity index (χ3v) is 6.92. The number of aryl methyl sites for hydroxylation is 1. The van der Waals surface area contributed by atoms with Crippen molar-refractivity contribution in [3.63, 3.8) is 0 Å². The fourth-order valence-corrected chi connectivity index (χ4v) is 5.01. The Labute approximate surface area is 226 Å². The van der Waals surface area contributed by atoms with Crippen molar-refractivity contribution in [3.05, 3.63) is 53.5 Å². The Morgan fingerprint density at radius 3 is 2.51 bits per heavy atom. The van der Waals surface area contributed by atoms with Crippen molar-refractivity contribution in [2.24, 2.45) is 7.05 Å². The van der Waals surface area contributed by atoms with Gasteiger partial charge in [0.2, 0.25) is 0 Å². The van der Waals surface area contributed by atoms with Gasteiger partial charge in [-0.15, -0.1) is 0 Å². The second-order valence-corrected chi connectivity index (χ2v) is 11.3. The van der Waals surface area contributed by atoms with Crippen LogP contribution in [0.25, 0.3) is 22.0 Å². The minimum atomic E-state index is -2.72. The highest BCUT2D eigenvalue weighted by molar-refractivity contribution is 6.05. The molecule has 1 aromatic heterocycles. The Morgan fingerprint density at radius 1 is 1.15 bits per heavy atom. The Balaban J connectivity index is 1.78. The second-order valence-electron chi connectivity index (χ2n) is 11.3. The van der Waals surface area contributed by atoms with Gasteiger partial charge >= 0.3 is 6.09 Å². The van der Waals surface area contributed by atoms with Crippen LogP contribution in [0.1, 0.15) is 62.9 Å². The average molecular weight is 545 g/mol. The summed E-state index contributed by atoms with van der Waals surface area (Å²) in [7, 11) is 1.80. The second kappa shape index (κ2) is 10.9. The quantitative estimate of drug-likeness (QED) is 0.370. The number of carbonyl (C=O) groups is 2. The van der Waals surface area contributed by atoms with Gasteiger partial charge in [-0.25, -0.2) is 18.0 Å². The fraction of sp³-hybridized carbons (Fsp3) is 0.483. The van der Waals surface area contributed by atoms with E-state index in [2.05, 4.69) is 5.10 Å². The van der Waals surface area contributed by atoms with Crippen LogP contribution in [-0.4, -0.2) is 69.3 Å². The van der Waals surface area contributed by atoms with E-state index >= 15 is 0 Å². The normalized spacial score (nSPS) is 16.0. The molecule has 0 radical (unpaired) electrons. The molecular formula is C29H35F3N4O3. The summed E-state index contributed by atoms with van der Waals surface area (Å²) >= 11 is 0. The topological polar surface area (TPSA) is 67.7 Å². The van der Waals surface area contributed by atoms with Gasteiger partial charge in [0.15, 0.2) is 0 Å². The summed E-state index contributed by atoms with van der Waals surface area (Å²) in [5.74, 6) is -1.30. The highest BCUT2D eigenvalue weighted by Crippen LogP contribution is 2.38. The molecule has 0 spiro atoms. The monoisotopic (exact) mass is 544 g/mol. The van der Waals surface area contributed by atoms with E-state index in [1.54, 1.807) is 36.7 Å². The number of hydrogen-bond acceptors (Lipinski definition) is 4. The van der Waals surface area contributed by atoms with E-state index in [9.17, 15) is 22.8 Å². The third kappa shape index (κ3) is 6.20. The smallest absolute Gasteiger partial charge is 0.410 e. The van der Waals surface area contributed by atoms with Crippen molar-refractivity contribution < 1.29 is 27.5 Å². The number of likely N-dealkylation sites (tertiary alicyclic amines) is 1. The summed E-state index contributed by atoms with van der Waals surface area (Å²) in [6, 6.07) is 7.31. The molecule has 0 N–H and O–H groups in total. The Kier molecular flexibility index (Phi) is 7.95. The number of alkyl halides is 2. The lowest BCUT2D eigenvalue weighted by molar-refractivity contribution is 0.0292. The summed E-state index contributed by atoms with van der Waals surface area (Å²) in [6.07, 6.45) is -0.706. The van der Waals surface area contributed by atoms with E-state index in [0.717, 1.165) is 27.4 Å². The molecule has 39 heavy (non-hydrogen) atoms. The van der Waals surface area contributed by atoms with Crippen LogP contribution in [0.5, 0.6) is 0 Å². The molecule has 1 fully saturated rings. The number of benzene rings is 2. The molecule has 0 bridgehead atoms. The molecule has 1 aliphatic heterocycles. The standard InChI is InChI=1S/C29H35F3N4O3/c1-17(2)36(16-26(31)32)27(37)23-13-20(30)7-8-21(23)22-11-19(12-25-24(22)14-33-34(25)6)18-9-10-35(15-18)28(38)39-29(3,4)5/h7-8,11-14,17-18,26H,9-10,15-16H2,1-6H3. The van der Waals surface area contributed by atoms with Gasteiger partial charge in [-0.3, -0.25) is 9.48 Å². The predicted molar refractivity (Wildman–Crippen MR) is 143 cm³/mol. The summed E-state index contributed by atoms with van der Waals surface area (Å²) in [6.45, 7) is 9.01. The molecule has 0 aliphatic carbocycles. The van der Waals surface area contributed by atoms with Crippen LogP contribution < -0.4 is 0 Å². The fourth-order valence-electron chi connectivity index (χ4n) is 5.01. The van der Waals surface area contributed by atoms with Gasteiger partial charge in [-0.1, -0.05) is 6.07 Å². The summed E-state index contributed by atoms with van der Waals surface area (Å²) in [5, 5.41) is 5.14. The van der Waals surface area contributed by atoms with E-state index in [-0.39, 0.29) is 17.6 Å². The van der Waals surface area contributed by atoms with Crippen molar-refractivity contribution in [3.8, 4) is 11.1 Å². The first-order valence-electron chi connectivity index (χ1n) is 13.1. The number of halogens is 3. The first-order valence-corrected chi connectivity index (χ1v) is 13.1. The number of amides is 2. The number of carbonyl (C=O) groups excluding carboxylic acids is 2. The molecule has 1 aliphatic rings. The molecule has 1 unspecified atom stereocenters. The maximum absolute atomic E-state index is 14.4. The van der Waals surface area contributed by atoms with Crippen LogP contribution in [0.4, 0.5) is 18.0 Å². The van der Waals surface area contributed by atoms with E-state index in [1.165, 1.54) is 12.1 Å². The van der Waals surface area contributed by atoms with Crippen molar-refractivity contribution in [1.82, 2.24) is 19.6 Å². The van der Waals surface area contributed by atoms with E-state index in [0.29, 0.717) is 30.6 Å². The van der Waals surface area contributed by atoms with E-state index < -0.39 is 36.3 Å². The van der Waals surface area contributed by atoms with Crippen LogP contribution in [0, 0.1) is 5.82 Å². The van der Waals surface area contributed by atoms with Gasteiger partial charge in [-0.05, 0) is 82.0 Å². The van der Waals surface area contributed by atoms with Gasteiger partial charge in [-0.2, -0.15) is 5.10 Å². The van der Waals surface area contributed by atoms with Crippen molar-refractivity contribution in [2.45, 2.75) is 65.0 Å². The van der Waals surface area contributed by atoms with Crippen molar-refractivity contribution in [1.29, 1.82) is 0 Å². The lowest BCUT2D eigenvalue weighted by Crippen LogP contribution is -2.40. The predicted octanol–water partition coefficient (Wildman–Crippen LogP) is 6.22. The highest BCUT2D eigenvalue weighted by Gasteiger charge is 2.32. The Hall–Kier alpha value is -3.56. The number of ether oxygens (including phenoxy) is 1. The molecule has 210 valence electrons. The zero-order valence-corrected chi connectivity index (χ0v) is 23.2. The van der Waals surface area contributed by atoms with Crippen molar-refractivity contribution >= 4 is 22.9 Å². The zero-order valence-electron chi connectivity index (χ0n) is 23.2. The SMILES string of the molecule is CC(C)N(CC(F)F)C(=O)c1cc(F)ccc1-c1cc(C2CCN(C(=O)OC(C)(C)C)C2)cc2c1cnn2C. The van der Waals surface area contributed by atoms with Crippen molar-refractivity contribution in [2.75, 3.05) is 19.6 Å². The first kappa shape index (κ1) is 28.4. The van der Waals surface area contributed by atoms with Crippen LogP contribution in [-0.2, 0) is 11.8 Å². The number of hydrogen-bond donors (Lipinski definition) is 0. The summed E-state index contributed by atoms with van der Waals surface area (Å²) in [4.78, 5) is 28.9. The van der Waals surface area contributed by atoms with E-state index in [1.807, 2.05) is 32.9 Å². The van der Waals surface area contributed by atoms with Crippen LogP contribution in [0.2, 0.25) is 0 Å². The Bertz CT molecular complexity index is 1380. The molecule has 0 saturated carbocycles. The number of nitrogens with zero attached hydrogens (tertiary/aromatic N) is 4. The highest BCUT2D eigenvalue weighted by atomic mass is 19.3. The maximum Gasteiger partial charge on any atom is 0.410 e.